The fourth-order valence-corrected chi connectivity index (χ4v) is 2.50. The van der Waals surface area contributed by atoms with Gasteiger partial charge in [-0.15, -0.1) is 0 Å². The van der Waals surface area contributed by atoms with Crippen LogP contribution in [0, 0.1) is 0 Å². The summed E-state index contributed by atoms with van der Waals surface area (Å²) in [6.07, 6.45) is 8.84. The Kier molecular flexibility index (Phi) is 1.37. The molecule has 1 aromatic heterocycles. The molecular formula is C10H15N3. The highest BCUT2D eigenvalue weighted by molar-refractivity contribution is 5.21. The molecule has 13 heavy (non-hydrogen) atoms. The minimum Gasteiger partial charge on any atom is -0.334 e. The lowest BCUT2D eigenvalue weighted by atomic mass is 9.87. The van der Waals surface area contributed by atoms with Crippen molar-refractivity contribution in [3.05, 3.63) is 18.2 Å². The van der Waals surface area contributed by atoms with Crippen LogP contribution in [0.15, 0.2) is 12.5 Å². The second kappa shape index (κ2) is 2.35. The summed E-state index contributed by atoms with van der Waals surface area (Å²) in [4.78, 5) is 4.20. The molecule has 0 radical (unpaired) electrons. The molecule has 0 aromatic carbocycles. The Morgan fingerprint density at radius 3 is 3.15 bits per heavy atom. The van der Waals surface area contributed by atoms with E-state index in [9.17, 15) is 0 Å². The van der Waals surface area contributed by atoms with Crippen LogP contribution >= 0.6 is 0 Å². The zero-order valence-corrected chi connectivity index (χ0v) is 7.74. The molecule has 0 amide bonds. The van der Waals surface area contributed by atoms with Gasteiger partial charge in [0.05, 0.1) is 6.33 Å². The van der Waals surface area contributed by atoms with Crippen molar-refractivity contribution >= 4 is 0 Å². The summed E-state index contributed by atoms with van der Waals surface area (Å²) in [7, 11) is 0. The van der Waals surface area contributed by atoms with Crippen molar-refractivity contribution < 1.29 is 0 Å². The highest BCUT2D eigenvalue weighted by atomic mass is 15.1. The van der Waals surface area contributed by atoms with Gasteiger partial charge in [0.15, 0.2) is 0 Å². The molecule has 1 saturated carbocycles. The third-order valence-electron chi connectivity index (χ3n) is 3.51. The van der Waals surface area contributed by atoms with Crippen LogP contribution < -0.4 is 5.73 Å². The van der Waals surface area contributed by atoms with Crippen molar-refractivity contribution in [2.45, 2.75) is 43.7 Å². The van der Waals surface area contributed by atoms with Gasteiger partial charge in [-0.25, -0.2) is 4.98 Å². The summed E-state index contributed by atoms with van der Waals surface area (Å²) < 4.78 is 2.26. The zero-order valence-electron chi connectivity index (χ0n) is 7.74. The molecule has 1 unspecified atom stereocenters. The molecule has 1 aliphatic carbocycles. The zero-order chi connectivity index (χ0) is 8.89. The summed E-state index contributed by atoms with van der Waals surface area (Å²) in [5.74, 6) is 0.573. The summed E-state index contributed by atoms with van der Waals surface area (Å²) >= 11 is 0. The van der Waals surface area contributed by atoms with E-state index in [2.05, 4.69) is 9.55 Å². The fraction of sp³-hybridized carbons (Fsp3) is 0.700. The Labute approximate surface area is 78.0 Å². The molecule has 2 N–H and O–H groups in total. The van der Waals surface area contributed by atoms with Gasteiger partial charge in [-0.05, 0) is 25.7 Å². The number of hydrogen-bond donors (Lipinski definition) is 1. The number of nitrogens with zero attached hydrogens (tertiary/aromatic N) is 2. The van der Waals surface area contributed by atoms with Crippen LogP contribution in [0.3, 0.4) is 0 Å². The van der Waals surface area contributed by atoms with E-state index >= 15 is 0 Å². The topological polar surface area (TPSA) is 43.8 Å². The lowest BCUT2D eigenvalue weighted by molar-refractivity contribution is 0.389. The summed E-state index contributed by atoms with van der Waals surface area (Å²) in [6.45, 7) is 1.13. The van der Waals surface area contributed by atoms with E-state index in [1.54, 1.807) is 0 Å². The molecule has 0 saturated heterocycles. The largest absolute Gasteiger partial charge is 0.334 e. The fourth-order valence-electron chi connectivity index (χ4n) is 2.50. The van der Waals surface area contributed by atoms with Gasteiger partial charge in [-0.1, -0.05) is 0 Å². The predicted molar refractivity (Wildman–Crippen MR) is 50.4 cm³/mol. The van der Waals surface area contributed by atoms with Gasteiger partial charge in [0.1, 0.15) is 0 Å². The number of aromatic nitrogens is 2. The minimum atomic E-state index is 0.123. The van der Waals surface area contributed by atoms with E-state index in [1.807, 2.05) is 12.5 Å². The number of fused-ring (bicyclic) bond motifs is 1. The van der Waals surface area contributed by atoms with Crippen molar-refractivity contribution in [1.29, 1.82) is 0 Å². The van der Waals surface area contributed by atoms with Gasteiger partial charge in [-0.2, -0.15) is 0 Å². The SMILES string of the molecule is NC1(C2CCCn3cncc32)CC1. The Balaban J connectivity index is 2.00. The molecule has 0 bridgehead atoms. The maximum Gasteiger partial charge on any atom is 0.0948 e. The molecular weight excluding hydrogens is 162 g/mol. The molecule has 1 fully saturated rings. The van der Waals surface area contributed by atoms with Crippen LogP contribution in [0.1, 0.15) is 37.3 Å². The van der Waals surface area contributed by atoms with Gasteiger partial charge in [0.25, 0.3) is 0 Å². The van der Waals surface area contributed by atoms with Crippen molar-refractivity contribution in [1.82, 2.24) is 9.55 Å². The normalized spacial score (nSPS) is 29.8. The van der Waals surface area contributed by atoms with Crippen LogP contribution in [-0.4, -0.2) is 15.1 Å². The first-order valence-electron chi connectivity index (χ1n) is 5.08. The van der Waals surface area contributed by atoms with Crippen LogP contribution in [-0.2, 0) is 6.54 Å². The second-order valence-corrected chi connectivity index (χ2v) is 4.44. The first-order valence-corrected chi connectivity index (χ1v) is 5.08. The monoisotopic (exact) mass is 177 g/mol. The van der Waals surface area contributed by atoms with Gasteiger partial charge in [0, 0.05) is 29.9 Å². The molecule has 3 nitrogen and oxygen atoms in total. The van der Waals surface area contributed by atoms with E-state index in [1.165, 1.54) is 31.4 Å². The molecule has 3 rings (SSSR count). The van der Waals surface area contributed by atoms with Crippen molar-refractivity contribution in [3.63, 3.8) is 0 Å². The van der Waals surface area contributed by atoms with E-state index in [0.29, 0.717) is 5.92 Å². The number of nitrogens with two attached hydrogens (primary N) is 1. The maximum absolute atomic E-state index is 6.25. The Hall–Kier alpha value is -0.830. The number of imidazole rings is 1. The number of rotatable bonds is 1. The molecule has 2 aliphatic rings. The molecule has 70 valence electrons. The van der Waals surface area contributed by atoms with Crippen LogP contribution in [0.5, 0.6) is 0 Å². The van der Waals surface area contributed by atoms with Crippen molar-refractivity contribution in [2.75, 3.05) is 0 Å². The smallest absolute Gasteiger partial charge is 0.0948 e. The number of aryl methyl sites for hydroxylation is 1. The van der Waals surface area contributed by atoms with Crippen LogP contribution in [0.4, 0.5) is 0 Å². The second-order valence-electron chi connectivity index (χ2n) is 4.44. The molecule has 1 aromatic rings. The lowest BCUT2D eigenvalue weighted by Gasteiger charge is -2.28. The van der Waals surface area contributed by atoms with E-state index in [4.69, 9.17) is 5.73 Å². The lowest BCUT2D eigenvalue weighted by Crippen LogP contribution is -2.34. The first-order chi connectivity index (χ1) is 6.30. The highest BCUT2D eigenvalue weighted by Crippen LogP contribution is 2.48. The molecule has 2 heterocycles. The van der Waals surface area contributed by atoms with Gasteiger partial charge < -0.3 is 10.3 Å². The summed E-state index contributed by atoms with van der Waals surface area (Å²) in [5.41, 5.74) is 7.74. The number of hydrogen-bond acceptors (Lipinski definition) is 2. The quantitative estimate of drug-likeness (QED) is 0.701. The third-order valence-corrected chi connectivity index (χ3v) is 3.51. The van der Waals surface area contributed by atoms with E-state index < -0.39 is 0 Å². The molecule has 0 spiro atoms. The van der Waals surface area contributed by atoms with Gasteiger partial charge >= 0.3 is 0 Å². The Morgan fingerprint density at radius 1 is 1.54 bits per heavy atom. The Bertz CT molecular complexity index is 325. The van der Waals surface area contributed by atoms with Crippen LogP contribution in [0.25, 0.3) is 0 Å². The van der Waals surface area contributed by atoms with Gasteiger partial charge in [0.2, 0.25) is 0 Å². The Morgan fingerprint density at radius 2 is 2.38 bits per heavy atom. The maximum atomic E-state index is 6.25. The molecule has 3 heteroatoms. The summed E-state index contributed by atoms with van der Waals surface area (Å²) in [5, 5.41) is 0. The standard InChI is InChI=1S/C10H15N3/c11-10(3-4-10)8-2-1-5-13-7-12-6-9(8)13/h6-8H,1-5,11H2. The molecule has 1 atom stereocenters. The minimum absolute atomic E-state index is 0.123. The highest BCUT2D eigenvalue weighted by Gasteiger charge is 2.47. The predicted octanol–water partition coefficient (Wildman–Crippen LogP) is 1.25. The van der Waals surface area contributed by atoms with Crippen molar-refractivity contribution in [3.8, 4) is 0 Å². The third kappa shape index (κ3) is 1.03. The first kappa shape index (κ1) is 7.56. The van der Waals surface area contributed by atoms with E-state index in [-0.39, 0.29) is 5.54 Å². The van der Waals surface area contributed by atoms with Gasteiger partial charge in [-0.3, -0.25) is 0 Å². The van der Waals surface area contributed by atoms with E-state index in [0.717, 1.165) is 6.54 Å². The average Bonchev–Trinajstić information content (AvgIpc) is 2.72. The van der Waals surface area contributed by atoms with Crippen molar-refractivity contribution in [2.24, 2.45) is 5.73 Å². The summed E-state index contributed by atoms with van der Waals surface area (Å²) in [6, 6.07) is 0. The molecule has 1 aliphatic heterocycles. The average molecular weight is 177 g/mol. The van der Waals surface area contributed by atoms with Crippen LogP contribution in [0.2, 0.25) is 0 Å².